The Morgan fingerprint density at radius 2 is 2.14 bits per heavy atom. The number of hydrogen-bond acceptors (Lipinski definition) is 4. The highest BCUT2D eigenvalue weighted by Crippen LogP contribution is 2.22. The summed E-state index contributed by atoms with van der Waals surface area (Å²) >= 11 is 0. The van der Waals surface area contributed by atoms with Crippen LogP contribution >= 0.6 is 0 Å². The maximum atomic E-state index is 12.4. The van der Waals surface area contributed by atoms with Crippen LogP contribution in [0.2, 0.25) is 0 Å². The fourth-order valence-electron chi connectivity index (χ4n) is 2.79. The Hall–Kier alpha value is -1.33. The van der Waals surface area contributed by atoms with Crippen molar-refractivity contribution in [2.45, 2.75) is 45.8 Å². The van der Waals surface area contributed by atoms with Crippen LogP contribution in [0, 0.1) is 0 Å². The Bertz CT molecular complexity index is 478. The molecule has 5 nitrogen and oxygen atoms in total. The van der Waals surface area contributed by atoms with E-state index in [1.807, 2.05) is 6.07 Å². The van der Waals surface area contributed by atoms with Gasteiger partial charge in [-0.1, -0.05) is 13.8 Å². The van der Waals surface area contributed by atoms with Gasteiger partial charge in [-0.15, -0.1) is 0 Å². The molecule has 0 spiro atoms. The summed E-state index contributed by atoms with van der Waals surface area (Å²) in [7, 11) is 0. The average Bonchev–Trinajstić information content (AvgIpc) is 2.91. The van der Waals surface area contributed by atoms with E-state index in [0.29, 0.717) is 18.8 Å². The van der Waals surface area contributed by atoms with E-state index in [-0.39, 0.29) is 5.91 Å². The molecule has 2 rings (SSSR count). The van der Waals surface area contributed by atoms with Crippen molar-refractivity contribution in [2.24, 2.45) is 0 Å². The maximum absolute atomic E-state index is 12.4. The van der Waals surface area contributed by atoms with E-state index in [0.717, 1.165) is 38.2 Å². The molecule has 1 atom stereocenters. The van der Waals surface area contributed by atoms with Crippen molar-refractivity contribution in [3.63, 3.8) is 0 Å². The first kappa shape index (κ1) is 16.0. The molecule has 1 aromatic heterocycles. The van der Waals surface area contributed by atoms with E-state index in [4.69, 9.17) is 4.42 Å². The minimum atomic E-state index is -0.787. The van der Waals surface area contributed by atoms with Gasteiger partial charge in [0.1, 0.15) is 5.76 Å². The summed E-state index contributed by atoms with van der Waals surface area (Å²) in [4.78, 5) is 16.4. The fourth-order valence-corrected chi connectivity index (χ4v) is 2.79. The summed E-state index contributed by atoms with van der Waals surface area (Å²) in [5, 5.41) is 10.1. The third-order valence-electron chi connectivity index (χ3n) is 4.11. The summed E-state index contributed by atoms with van der Waals surface area (Å²) < 4.78 is 5.69. The molecule has 1 unspecified atom stereocenters. The number of rotatable bonds is 5. The number of carbonyl (C=O) groups is 1. The summed E-state index contributed by atoms with van der Waals surface area (Å²) in [6.07, 6.45) is 1.56. The number of piperidine rings is 1. The Labute approximate surface area is 126 Å². The molecule has 1 saturated heterocycles. The van der Waals surface area contributed by atoms with Gasteiger partial charge >= 0.3 is 0 Å². The molecule has 5 heteroatoms. The minimum Gasteiger partial charge on any atom is -0.455 e. The van der Waals surface area contributed by atoms with Crippen LogP contribution in [0.5, 0.6) is 0 Å². The Morgan fingerprint density at radius 1 is 1.43 bits per heavy atom. The molecule has 118 valence electrons. The van der Waals surface area contributed by atoms with E-state index >= 15 is 0 Å². The molecule has 1 aliphatic heterocycles. The molecule has 2 heterocycles. The minimum absolute atomic E-state index is 0.124. The number of aliphatic hydroxyl groups is 1. The van der Waals surface area contributed by atoms with Crippen LogP contribution in [0.15, 0.2) is 16.5 Å². The Balaban J connectivity index is 2.01. The first-order valence-electron chi connectivity index (χ1n) is 7.78. The molecule has 0 aromatic carbocycles. The molecule has 1 N–H and O–H groups in total. The zero-order chi connectivity index (χ0) is 15.5. The first-order chi connectivity index (χ1) is 9.95. The number of carbonyl (C=O) groups excluding carboxylic acids is 1. The van der Waals surface area contributed by atoms with E-state index in [1.165, 1.54) is 0 Å². The van der Waals surface area contributed by atoms with Crippen LogP contribution in [0.1, 0.15) is 49.9 Å². The van der Waals surface area contributed by atoms with Gasteiger partial charge < -0.3 is 14.4 Å². The van der Waals surface area contributed by atoms with Crippen molar-refractivity contribution >= 4 is 5.91 Å². The predicted octanol–water partition coefficient (Wildman–Crippen LogP) is 2.11. The number of likely N-dealkylation sites (tertiary alicyclic amines) is 1. The quantitative estimate of drug-likeness (QED) is 0.903. The Kier molecular flexibility index (Phi) is 5.06. The first-order valence-corrected chi connectivity index (χ1v) is 7.78. The van der Waals surface area contributed by atoms with E-state index < -0.39 is 5.60 Å². The molecular formula is C16H26N2O3. The second-order valence-electron chi connectivity index (χ2n) is 6.05. The molecule has 0 radical (unpaired) electrons. The lowest BCUT2D eigenvalue weighted by atomic mass is 9.95. The van der Waals surface area contributed by atoms with Crippen LogP contribution in [0.4, 0.5) is 0 Å². The van der Waals surface area contributed by atoms with Gasteiger partial charge in [0.05, 0.1) is 12.1 Å². The molecule has 0 bridgehead atoms. The predicted molar refractivity (Wildman–Crippen MR) is 81.1 cm³/mol. The lowest BCUT2D eigenvalue weighted by Crippen LogP contribution is -2.48. The van der Waals surface area contributed by atoms with Crippen LogP contribution in [0.25, 0.3) is 0 Å². The topological polar surface area (TPSA) is 56.9 Å². The summed E-state index contributed by atoms with van der Waals surface area (Å²) in [5.74, 6) is 1.06. The summed E-state index contributed by atoms with van der Waals surface area (Å²) in [5.41, 5.74) is -0.787. The molecule has 0 saturated carbocycles. The van der Waals surface area contributed by atoms with Gasteiger partial charge in [-0.25, -0.2) is 0 Å². The third kappa shape index (κ3) is 4.08. The molecule has 21 heavy (non-hydrogen) atoms. The van der Waals surface area contributed by atoms with Crippen molar-refractivity contribution < 1.29 is 14.3 Å². The number of furan rings is 1. The van der Waals surface area contributed by atoms with Crippen molar-refractivity contribution in [1.82, 2.24) is 9.80 Å². The van der Waals surface area contributed by atoms with Gasteiger partial charge in [-0.2, -0.15) is 0 Å². The van der Waals surface area contributed by atoms with Gasteiger partial charge in [-0.05, 0) is 45.0 Å². The molecular weight excluding hydrogens is 268 g/mol. The number of hydrogen-bond donors (Lipinski definition) is 1. The van der Waals surface area contributed by atoms with Crippen molar-refractivity contribution in [2.75, 3.05) is 26.2 Å². The van der Waals surface area contributed by atoms with Crippen LogP contribution in [0.3, 0.4) is 0 Å². The number of β-amino-alcohol motifs (C(OH)–C–C–N with tert-alkyl or cyclic N) is 1. The molecule has 0 aliphatic carbocycles. The normalized spacial score (nSPS) is 22.8. The number of amides is 1. The monoisotopic (exact) mass is 294 g/mol. The molecule has 1 aromatic rings. The number of nitrogens with zero attached hydrogens (tertiary/aromatic N) is 2. The smallest absolute Gasteiger partial charge is 0.289 e. The lowest BCUT2D eigenvalue weighted by Gasteiger charge is -2.36. The largest absolute Gasteiger partial charge is 0.455 e. The van der Waals surface area contributed by atoms with Crippen molar-refractivity contribution in [1.29, 1.82) is 0 Å². The van der Waals surface area contributed by atoms with Gasteiger partial charge in [0.2, 0.25) is 0 Å². The molecule has 1 amide bonds. The fraction of sp³-hybridized carbons (Fsp3) is 0.688. The highest BCUT2D eigenvalue weighted by atomic mass is 16.4. The zero-order valence-corrected chi connectivity index (χ0v) is 13.3. The van der Waals surface area contributed by atoms with Gasteiger partial charge in [0, 0.05) is 13.1 Å². The second-order valence-corrected chi connectivity index (χ2v) is 6.05. The third-order valence-corrected chi connectivity index (χ3v) is 4.11. The van der Waals surface area contributed by atoms with Gasteiger partial charge in [0.15, 0.2) is 5.76 Å². The van der Waals surface area contributed by atoms with Crippen molar-refractivity contribution in [3.8, 4) is 0 Å². The van der Waals surface area contributed by atoms with Crippen LogP contribution in [-0.2, 0) is 6.54 Å². The molecule has 1 aliphatic rings. The Morgan fingerprint density at radius 3 is 2.76 bits per heavy atom. The highest BCUT2D eigenvalue weighted by molar-refractivity contribution is 5.91. The zero-order valence-electron chi connectivity index (χ0n) is 13.3. The van der Waals surface area contributed by atoms with E-state index in [2.05, 4.69) is 18.7 Å². The molecule has 1 fully saturated rings. The van der Waals surface area contributed by atoms with E-state index in [9.17, 15) is 9.90 Å². The summed E-state index contributed by atoms with van der Waals surface area (Å²) in [6, 6.07) is 3.61. The van der Waals surface area contributed by atoms with Crippen molar-refractivity contribution in [3.05, 3.63) is 23.7 Å². The SMILES string of the molecule is CCN(CC)Cc1ccc(C(=O)N2CCCC(C)(O)C2)o1. The summed E-state index contributed by atoms with van der Waals surface area (Å²) in [6.45, 7) is 9.67. The van der Waals surface area contributed by atoms with Crippen LogP contribution in [-0.4, -0.2) is 52.6 Å². The van der Waals surface area contributed by atoms with Gasteiger partial charge in [0.25, 0.3) is 5.91 Å². The van der Waals surface area contributed by atoms with E-state index in [1.54, 1.807) is 17.9 Å². The van der Waals surface area contributed by atoms with Crippen LogP contribution < -0.4 is 0 Å². The second kappa shape index (κ2) is 6.62. The maximum Gasteiger partial charge on any atom is 0.289 e. The highest BCUT2D eigenvalue weighted by Gasteiger charge is 2.32. The van der Waals surface area contributed by atoms with Gasteiger partial charge in [-0.3, -0.25) is 9.69 Å². The average molecular weight is 294 g/mol. The lowest BCUT2D eigenvalue weighted by molar-refractivity contribution is -0.0118. The standard InChI is InChI=1S/C16H26N2O3/c1-4-17(5-2)11-13-7-8-14(21-13)15(19)18-10-6-9-16(3,20)12-18/h7-8,20H,4-6,9-12H2,1-3H3.